The third-order valence-electron chi connectivity index (χ3n) is 6.44. The van der Waals surface area contributed by atoms with Crippen LogP contribution in [-0.2, 0) is 9.59 Å². The number of nitrogens with zero attached hydrogens (tertiary/aromatic N) is 1. The van der Waals surface area contributed by atoms with Gasteiger partial charge in [0.15, 0.2) is 0 Å². The van der Waals surface area contributed by atoms with Gasteiger partial charge in [0.05, 0.1) is 24.6 Å². The molecule has 3 aliphatic rings. The molecule has 0 aromatic heterocycles. The SMILES string of the molecule is COc1ccc(Cl)cc1N1C(=O)[C@@H]2[C@H](C1=O)[C@H]1C=C[C@H]2C1=C(C)c1ccccc1. The van der Waals surface area contributed by atoms with E-state index >= 15 is 0 Å². The van der Waals surface area contributed by atoms with Gasteiger partial charge in [0.25, 0.3) is 0 Å². The maximum Gasteiger partial charge on any atom is 0.238 e. The molecule has 1 heterocycles. The summed E-state index contributed by atoms with van der Waals surface area (Å²) in [7, 11) is 1.52. The maximum atomic E-state index is 13.4. The van der Waals surface area contributed by atoms with Gasteiger partial charge in [-0.1, -0.05) is 59.7 Å². The van der Waals surface area contributed by atoms with Crippen molar-refractivity contribution in [1.82, 2.24) is 0 Å². The van der Waals surface area contributed by atoms with Gasteiger partial charge in [-0.2, -0.15) is 0 Å². The highest BCUT2D eigenvalue weighted by Crippen LogP contribution is 2.58. The predicted octanol–water partition coefficient (Wildman–Crippen LogP) is 4.74. The molecule has 2 fully saturated rings. The first-order valence-electron chi connectivity index (χ1n) is 9.68. The average Bonchev–Trinajstić information content (AvgIpc) is 3.37. The lowest BCUT2D eigenvalue weighted by Crippen LogP contribution is -2.33. The van der Waals surface area contributed by atoms with Crippen molar-refractivity contribution >= 4 is 34.7 Å². The number of fused-ring (bicyclic) bond motifs is 5. The lowest BCUT2D eigenvalue weighted by molar-refractivity contribution is -0.123. The monoisotopic (exact) mass is 405 g/mol. The molecule has 0 radical (unpaired) electrons. The van der Waals surface area contributed by atoms with Gasteiger partial charge in [-0.15, -0.1) is 0 Å². The standard InChI is InChI=1S/C24H20ClNO3/c1-13(14-6-4-3-5-7-14)20-16-9-10-17(20)22-21(16)23(27)26(24(22)28)18-12-15(25)8-11-19(18)29-2/h3-12,16-17,21-22H,1-2H3/t16-,17-,21-,22+/m0/s1. The Labute approximate surface area is 174 Å². The topological polar surface area (TPSA) is 46.6 Å². The number of ether oxygens (including phenoxy) is 1. The summed E-state index contributed by atoms with van der Waals surface area (Å²) in [4.78, 5) is 28.1. The number of hydrogen-bond donors (Lipinski definition) is 0. The van der Waals surface area contributed by atoms with E-state index in [9.17, 15) is 9.59 Å². The number of rotatable bonds is 3. The lowest BCUT2D eigenvalue weighted by Gasteiger charge is -2.21. The predicted molar refractivity (Wildman–Crippen MR) is 113 cm³/mol. The Morgan fingerprint density at radius 3 is 2.17 bits per heavy atom. The Balaban J connectivity index is 1.57. The van der Waals surface area contributed by atoms with Gasteiger partial charge in [-0.05, 0) is 36.3 Å². The molecule has 0 spiro atoms. The molecule has 29 heavy (non-hydrogen) atoms. The number of carbonyl (C=O) groups excluding carboxylic acids is 2. The zero-order chi connectivity index (χ0) is 20.3. The van der Waals surface area contributed by atoms with Crippen molar-refractivity contribution in [3.05, 3.63) is 76.8 Å². The van der Waals surface area contributed by atoms with Crippen LogP contribution < -0.4 is 9.64 Å². The molecule has 2 aliphatic carbocycles. The van der Waals surface area contributed by atoms with Crippen molar-refractivity contribution in [1.29, 1.82) is 0 Å². The first kappa shape index (κ1) is 18.2. The number of anilines is 1. The van der Waals surface area contributed by atoms with E-state index in [4.69, 9.17) is 16.3 Å². The van der Waals surface area contributed by atoms with Crippen molar-refractivity contribution in [3.63, 3.8) is 0 Å². The van der Waals surface area contributed by atoms with E-state index in [1.54, 1.807) is 18.2 Å². The second-order valence-electron chi connectivity index (χ2n) is 7.76. The molecule has 4 nitrogen and oxygen atoms in total. The number of halogens is 1. The number of imide groups is 1. The van der Waals surface area contributed by atoms with Crippen molar-refractivity contribution in [2.75, 3.05) is 12.0 Å². The highest BCUT2D eigenvalue weighted by atomic mass is 35.5. The molecule has 2 aromatic rings. The fourth-order valence-electron chi connectivity index (χ4n) is 5.19. The molecule has 1 saturated carbocycles. The van der Waals surface area contributed by atoms with E-state index in [0.29, 0.717) is 16.5 Å². The minimum Gasteiger partial charge on any atom is -0.495 e. The van der Waals surface area contributed by atoms with Gasteiger partial charge in [0, 0.05) is 16.9 Å². The minimum absolute atomic E-state index is 0.0446. The Bertz CT molecular complexity index is 1050. The molecular weight excluding hydrogens is 386 g/mol. The number of benzene rings is 2. The molecule has 0 unspecified atom stereocenters. The number of hydrogen-bond acceptors (Lipinski definition) is 3. The third-order valence-corrected chi connectivity index (χ3v) is 6.67. The molecule has 2 amide bonds. The fraction of sp³-hybridized carbons (Fsp3) is 0.250. The molecule has 1 aliphatic heterocycles. The number of allylic oxidation sites excluding steroid dienone is 4. The van der Waals surface area contributed by atoms with Crippen LogP contribution in [0, 0.1) is 23.7 Å². The summed E-state index contributed by atoms with van der Waals surface area (Å²) in [6.45, 7) is 2.09. The maximum absolute atomic E-state index is 13.4. The molecule has 2 bridgehead atoms. The first-order valence-corrected chi connectivity index (χ1v) is 10.1. The van der Waals surface area contributed by atoms with E-state index in [0.717, 1.165) is 11.1 Å². The zero-order valence-corrected chi connectivity index (χ0v) is 16.9. The minimum atomic E-state index is -0.366. The van der Waals surface area contributed by atoms with Crippen LogP contribution in [0.1, 0.15) is 12.5 Å². The second kappa shape index (κ2) is 6.60. The van der Waals surface area contributed by atoms with Crippen LogP contribution in [0.25, 0.3) is 5.57 Å². The summed E-state index contributed by atoms with van der Waals surface area (Å²) in [6.07, 6.45) is 4.19. The van der Waals surface area contributed by atoms with Gasteiger partial charge in [-0.25, -0.2) is 4.90 Å². The quantitative estimate of drug-likeness (QED) is 0.547. The Morgan fingerprint density at radius 2 is 1.59 bits per heavy atom. The molecule has 5 heteroatoms. The molecule has 1 saturated heterocycles. The summed E-state index contributed by atoms with van der Waals surface area (Å²) in [6, 6.07) is 15.1. The molecular formula is C24H20ClNO3. The smallest absolute Gasteiger partial charge is 0.238 e. The summed E-state index contributed by atoms with van der Waals surface area (Å²) < 4.78 is 5.39. The van der Waals surface area contributed by atoms with Crippen molar-refractivity contribution in [2.24, 2.45) is 23.7 Å². The Morgan fingerprint density at radius 1 is 0.966 bits per heavy atom. The van der Waals surface area contributed by atoms with Gasteiger partial charge >= 0.3 is 0 Å². The average molecular weight is 406 g/mol. The van der Waals surface area contributed by atoms with Gasteiger partial charge in [0.1, 0.15) is 5.75 Å². The van der Waals surface area contributed by atoms with Crippen molar-refractivity contribution < 1.29 is 14.3 Å². The summed E-state index contributed by atoms with van der Waals surface area (Å²) in [5.74, 6) is -0.697. The number of carbonyl (C=O) groups is 2. The van der Waals surface area contributed by atoms with Gasteiger partial charge < -0.3 is 4.74 Å². The zero-order valence-electron chi connectivity index (χ0n) is 16.1. The van der Waals surface area contributed by atoms with Crippen LogP contribution in [0.3, 0.4) is 0 Å². The van der Waals surface area contributed by atoms with Crippen molar-refractivity contribution in [2.45, 2.75) is 6.92 Å². The highest BCUT2D eigenvalue weighted by Gasteiger charge is 2.62. The largest absolute Gasteiger partial charge is 0.495 e. The van der Waals surface area contributed by atoms with Gasteiger partial charge in [0.2, 0.25) is 11.8 Å². The lowest BCUT2D eigenvalue weighted by atomic mass is 9.85. The van der Waals surface area contributed by atoms with E-state index < -0.39 is 0 Å². The summed E-state index contributed by atoms with van der Waals surface area (Å²) in [5, 5.41) is 0.458. The third kappa shape index (κ3) is 2.52. The van der Waals surface area contributed by atoms with Crippen LogP contribution >= 0.6 is 11.6 Å². The van der Waals surface area contributed by atoms with Crippen molar-refractivity contribution in [3.8, 4) is 5.75 Å². The summed E-state index contributed by atoms with van der Waals surface area (Å²) >= 11 is 6.15. The van der Waals surface area contributed by atoms with Crippen LogP contribution in [0.15, 0.2) is 66.3 Å². The van der Waals surface area contributed by atoms with E-state index in [2.05, 4.69) is 31.2 Å². The molecule has 146 valence electrons. The normalized spacial score (nSPS) is 28.9. The summed E-state index contributed by atoms with van der Waals surface area (Å²) in [5.41, 5.74) is 3.92. The first-order chi connectivity index (χ1) is 14.0. The van der Waals surface area contributed by atoms with E-state index in [-0.39, 0.29) is 35.5 Å². The molecule has 4 atom stereocenters. The Hall–Kier alpha value is -2.85. The second-order valence-corrected chi connectivity index (χ2v) is 8.20. The Kier molecular flexibility index (Phi) is 4.14. The van der Waals surface area contributed by atoms with Gasteiger partial charge in [-0.3, -0.25) is 9.59 Å². The molecule has 5 rings (SSSR count). The van der Waals surface area contributed by atoms with E-state index in [1.807, 2.05) is 18.2 Å². The number of amides is 2. The van der Waals surface area contributed by atoms with Crippen LogP contribution in [0.4, 0.5) is 5.69 Å². The molecule has 2 aromatic carbocycles. The fourth-order valence-corrected chi connectivity index (χ4v) is 5.36. The van der Waals surface area contributed by atoms with E-state index in [1.165, 1.54) is 17.6 Å². The van der Waals surface area contributed by atoms with Crippen LogP contribution in [0.5, 0.6) is 5.75 Å². The highest BCUT2D eigenvalue weighted by molar-refractivity contribution is 6.31. The van der Waals surface area contributed by atoms with Crippen LogP contribution in [-0.4, -0.2) is 18.9 Å². The van der Waals surface area contributed by atoms with Crippen LogP contribution in [0.2, 0.25) is 5.02 Å². The molecule has 0 N–H and O–H groups in total. The number of methoxy groups -OCH3 is 1.